The minimum absolute atomic E-state index is 0.0314. The molecular formula is C19H17NO3. The van der Waals surface area contributed by atoms with Gasteiger partial charge in [-0.05, 0) is 23.6 Å². The summed E-state index contributed by atoms with van der Waals surface area (Å²) in [4.78, 5) is 24.2. The predicted molar refractivity (Wildman–Crippen MR) is 89.7 cm³/mol. The zero-order valence-electron chi connectivity index (χ0n) is 12.8. The van der Waals surface area contributed by atoms with Crippen LogP contribution in [-0.4, -0.2) is 12.5 Å². The summed E-state index contributed by atoms with van der Waals surface area (Å²) in [5.41, 5.74) is 1.03. The Hall–Kier alpha value is -2.88. The maximum absolute atomic E-state index is 12.3. The Balaban J connectivity index is 1.76. The van der Waals surface area contributed by atoms with E-state index < -0.39 is 11.5 Å². The lowest BCUT2D eigenvalue weighted by Gasteiger charge is -2.12. The van der Waals surface area contributed by atoms with Gasteiger partial charge in [-0.1, -0.05) is 55.5 Å². The molecule has 0 fully saturated rings. The Morgan fingerprint density at radius 3 is 2.57 bits per heavy atom. The van der Waals surface area contributed by atoms with Crippen LogP contribution in [0, 0.1) is 0 Å². The Kier molecular flexibility index (Phi) is 4.24. The van der Waals surface area contributed by atoms with E-state index in [9.17, 15) is 9.59 Å². The van der Waals surface area contributed by atoms with E-state index in [4.69, 9.17) is 4.42 Å². The largest absolute Gasteiger partial charge is 0.422 e. The van der Waals surface area contributed by atoms with Gasteiger partial charge in [0.15, 0.2) is 0 Å². The molecule has 1 aromatic heterocycles. The fourth-order valence-corrected chi connectivity index (χ4v) is 2.46. The number of rotatable bonds is 4. The van der Waals surface area contributed by atoms with Gasteiger partial charge in [0, 0.05) is 11.9 Å². The van der Waals surface area contributed by atoms with Crippen LogP contribution in [0.5, 0.6) is 0 Å². The number of hydrogen-bond donors (Lipinski definition) is 1. The van der Waals surface area contributed by atoms with E-state index in [1.54, 1.807) is 18.2 Å². The molecule has 3 rings (SSSR count). The molecular weight excluding hydrogens is 290 g/mol. The third-order valence-corrected chi connectivity index (χ3v) is 3.82. The monoisotopic (exact) mass is 307 g/mol. The molecule has 0 aliphatic rings. The highest BCUT2D eigenvalue weighted by Crippen LogP contribution is 2.14. The summed E-state index contributed by atoms with van der Waals surface area (Å²) in [6.07, 6.45) is 0. The number of carbonyl (C=O) groups is 1. The molecule has 0 aliphatic carbocycles. The van der Waals surface area contributed by atoms with Crippen LogP contribution >= 0.6 is 0 Å². The fourth-order valence-electron chi connectivity index (χ4n) is 2.46. The highest BCUT2D eigenvalue weighted by atomic mass is 16.4. The van der Waals surface area contributed by atoms with E-state index >= 15 is 0 Å². The van der Waals surface area contributed by atoms with Crippen LogP contribution in [0.3, 0.4) is 0 Å². The normalized spacial score (nSPS) is 12.0. The molecule has 3 aromatic rings. The average molecular weight is 307 g/mol. The maximum atomic E-state index is 12.3. The maximum Gasteiger partial charge on any atom is 0.349 e. The molecule has 1 amide bonds. The van der Waals surface area contributed by atoms with Crippen LogP contribution in [0.15, 0.2) is 69.9 Å². The quantitative estimate of drug-likeness (QED) is 0.752. The number of benzene rings is 2. The molecule has 116 valence electrons. The molecule has 4 heteroatoms. The summed E-state index contributed by atoms with van der Waals surface area (Å²) in [6, 6.07) is 18.6. The van der Waals surface area contributed by atoms with Crippen molar-refractivity contribution in [3.05, 3.63) is 82.2 Å². The molecule has 1 unspecified atom stereocenters. The first-order valence-electron chi connectivity index (χ1n) is 7.51. The van der Waals surface area contributed by atoms with Crippen LogP contribution in [0.1, 0.15) is 28.8 Å². The Bertz CT molecular complexity index is 884. The van der Waals surface area contributed by atoms with Gasteiger partial charge < -0.3 is 9.73 Å². The predicted octanol–water partition coefficient (Wildman–Crippen LogP) is 3.33. The SMILES string of the molecule is CC(CNC(=O)c1cc2ccccc2oc1=O)c1ccccc1. The first-order chi connectivity index (χ1) is 11.1. The summed E-state index contributed by atoms with van der Waals surface area (Å²) in [7, 11) is 0. The van der Waals surface area contributed by atoms with Gasteiger partial charge >= 0.3 is 5.63 Å². The topological polar surface area (TPSA) is 59.3 Å². The molecule has 0 spiro atoms. The van der Waals surface area contributed by atoms with Crippen molar-refractivity contribution >= 4 is 16.9 Å². The number of para-hydroxylation sites is 1. The molecule has 0 saturated carbocycles. The molecule has 23 heavy (non-hydrogen) atoms. The van der Waals surface area contributed by atoms with Gasteiger partial charge in [-0.25, -0.2) is 4.79 Å². The fraction of sp³-hybridized carbons (Fsp3) is 0.158. The lowest BCUT2D eigenvalue weighted by molar-refractivity contribution is 0.0948. The van der Waals surface area contributed by atoms with Gasteiger partial charge in [-0.3, -0.25) is 4.79 Å². The van der Waals surface area contributed by atoms with Gasteiger partial charge in [0.05, 0.1) is 0 Å². The van der Waals surface area contributed by atoms with Gasteiger partial charge in [0.25, 0.3) is 5.91 Å². The number of hydrogen-bond acceptors (Lipinski definition) is 3. The minimum Gasteiger partial charge on any atom is -0.422 e. The Morgan fingerprint density at radius 2 is 1.78 bits per heavy atom. The standard InChI is InChI=1S/C19H17NO3/c1-13(14-7-3-2-4-8-14)12-20-18(21)16-11-15-9-5-6-10-17(15)23-19(16)22/h2-11,13H,12H2,1H3,(H,20,21). The molecule has 0 bridgehead atoms. The summed E-state index contributed by atoms with van der Waals surface area (Å²) >= 11 is 0. The van der Waals surface area contributed by atoms with E-state index in [2.05, 4.69) is 5.32 Å². The minimum atomic E-state index is -0.617. The highest BCUT2D eigenvalue weighted by Gasteiger charge is 2.14. The number of amides is 1. The molecule has 2 aromatic carbocycles. The van der Waals surface area contributed by atoms with E-state index in [0.29, 0.717) is 12.1 Å². The van der Waals surface area contributed by atoms with Gasteiger partial charge in [-0.15, -0.1) is 0 Å². The van der Waals surface area contributed by atoms with Crippen molar-refractivity contribution in [3.63, 3.8) is 0 Å². The number of carbonyl (C=O) groups excluding carboxylic acids is 1. The summed E-state index contributed by atoms with van der Waals surface area (Å²) in [5.74, 6) is -0.250. The van der Waals surface area contributed by atoms with Crippen LogP contribution in [-0.2, 0) is 0 Å². The molecule has 0 aliphatic heterocycles. The summed E-state index contributed by atoms with van der Waals surface area (Å²) in [5, 5.41) is 3.53. The van der Waals surface area contributed by atoms with Crippen LogP contribution in [0.2, 0.25) is 0 Å². The Labute approximate surface area is 133 Å². The summed E-state index contributed by atoms with van der Waals surface area (Å²) in [6.45, 7) is 2.48. The zero-order valence-corrected chi connectivity index (χ0v) is 12.8. The second kappa shape index (κ2) is 6.48. The zero-order chi connectivity index (χ0) is 16.2. The molecule has 0 saturated heterocycles. The van der Waals surface area contributed by atoms with Crippen molar-refractivity contribution in [2.45, 2.75) is 12.8 Å². The summed E-state index contributed by atoms with van der Waals surface area (Å²) < 4.78 is 5.19. The number of fused-ring (bicyclic) bond motifs is 1. The van der Waals surface area contributed by atoms with E-state index in [1.165, 1.54) is 0 Å². The van der Waals surface area contributed by atoms with Crippen LogP contribution in [0.25, 0.3) is 11.0 Å². The van der Waals surface area contributed by atoms with Crippen molar-refractivity contribution in [1.82, 2.24) is 5.32 Å². The second-order valence-electron chi connectivity index (χ2n) is 5.51. The van der Waals surface area contributed by atoms with Crippen molar-refractivity contribution in [2.24, 2.45) is 0 Å². The van der Waals surface area contributed by atoms with E-state index in [0.717, 1.165) is 10.9 Å². The third kappa shape index (κ3) is 3.31. The molecule has 4 nitrogen and oxygen atoms in total. The van der Waals surface area contributed by atoms with Gasteiger partial charge in [0.1, 0.15) is 11.1 Å². The third-order valence-electron chi connectivity index (χ3n) is 3.82. The average Bonchev–Trinajstić information content (AvgIpc) is 2.59. The van der Waals surface area contributed by atoms with Crippen molar-refractivity contribution in [3.8, 4) is 0 Å². The first-order valence-corrected chi connectivity index (χ1v) is 7.51. The van der Waals surface area contributed by atoms with Crippen molar-refractivity contribution in [2.75, 3.05) is 6.54 Å². The lowest BCUT2D eigenvalue weighted by Crippen LogP contribution is -2.31. The molecule has 1 N–H and O–H groups in total. The van der Waals surface area contributed by atoms with Gasteiger partial charge in [-0.2, -0.15) is 0 Å². The highest BCUT2D eigenvalue weighted by molar-refractivity contribution is 5.96. The van der Waals surface area contributed by atoms with E-state index in [-0.39, 0.29) is 11.5 Å². The van der Waals surface area contributed by atoms with Crippen molar-refractivity contribution in [1.29, 1.82) is 0 Å². The van der Waals surface area contributed by atoms with E-state index in [1.807, 2.05) is 49.4 Å². The van der Waals surface area contributed by atoms with Gasteiger partial charge in [0.2, 0.25) is 0 Å². The molecule has 0 radical (unpaired) electrons. The molecule has 1 atom stereocenters. The van der Waals surface area contributed by atoms with Crippen LogP contribution in [0.4, 0.5) is 0 Å². The number of nitrogens with one attached hydrogen (secondary N) is 1. The van der Waals surface area contributed by atoms with Crippen molar-refractivity contribution < 1.29 is 9.21 Å². The first kappa shape index (κ1) is 15.0. The lowest BCUT2D eigenvalue weighted by atomic mass is 10.0. The smallest absolute Gasteiger partial charge is 0.349 e. The molecule has 1 heterocycles. The second-order valence-corrected chi connectivity index (χ2v) is 5.51. The Morgan fingerprint density at radius 1 is 1.09 bits per heavy atom. The van der Waals surface area contributed by atoms with Crippen LogP contribution < -0.4 is 10.9 Å².